The Morgan fingerprint density at radius 3 is 0.963 bits per heavy atom. The van der Waals surface area contributed by atoms with Gasteiger partial charge in [-0.05, 0) is 0 Å². The van der Waals surface area contributed by atoms with E-state index in [1.807, 2.05) is 0 Å². The van der Waals surface area contributed by atoms with Crippen LogP contribution in [0.5, 0.6) is 0 Å². The van der Waals surface area contributed by atoms with Crippen LogP contribution >= 0.6 is 0 Å². The number of alkyl halides is 2. The fourth-order valence-corrected chi connectivity index (χ4v) is 1.34. The summed E-state index contributed by atoms with van der Waals surface area (Å²) in [5.74, 6) is -9.48. The third-order valence-electron chi connectivity index (χ3n) is 2.67. The van der Waals surface area contributed by atoms with E-state index in [4.69, 9.17) is 0 Å². The van der Waals surface area contributed by atoms with Crippen molar-refractivity contribution in [2.45, 2.75) is 11.8 Å². The molecule has 0 amide bonds. The van der Waals surface area contributed by atoms with Crippen LogP contribution in [0, 0.1) is 60.7 Å². The number of rotatable bonds is 12. The van der Waals surface area contributed by atoms with Gasteiger partial charge in [0.2, 0.25) is 6.67 Å². The highest BCUT2D eigenvalue weighted by molar-refractivity contribution is 4.60. The largest absolute Gasteiger partial charge is 0.637 e. The van der Waals surface area contributed by atoms with Crippen LogP contribution in [0.25, 0.3) is 0 Å². The Hall–Kier alpha value is -4.14. The molecule has 0 aliphatic carbocycles. The van der Waals surface area contributed by atoms with Crippen molar-refractivity contribution >= 4 is 0 Å². The molecule has 0 atom stereocenters. The van der Waals surface area contributed by atoms with Gasteiger partial charge in [-0.25, -0.2) is 20.2 Å². The second-order valence-corrected chi connectivity index (χ2v) is 4.41. The highest BCUT2D eigenvalue weighted by Gasteiger charge is 2.64. The standard InChI is InChI=1S/C5H6F2N8O12/c6-4(10(16)17,11(18)19)1-8(14(24)25)3-9(15(26)27)2-5(7,12(20)21)13(22)23/h1-3H2. The van der Waals surface area contributed by atoms with Gasteiger partial charge in [-0.3, -0.25) is 40.5 Å². The van der Waals surface area contributed by atoms with Crippen LogP contribution in [0.3, 0.4) is 0 Å². The Morgan fingerprint density at radius 1 is 0.593 bits per heavy atom. The molecule has 0 aromatic carbocycles. The number of nitrogens with zero attached hydrogens (tertiary/aromatic N) is 8. The third-order valence-corrected chi connectivity index (χ3v) is 2.67. The number of hydrogen-bond donors (Lipinski definition) is 0. The molecule has 0 rings (SSSR count). The lowest BCUT2D eigenvalue weighted by atomic mass is 10.4. The van der Waals surface area contributed by atoms with Gasteiger partial charge in [-0.15, -0.1) is 0 Å². The first-order valence-corrected chi connectivity index (χ1v) is 5.84. The monoisotopic (exact) mass is 408 g/mol. The van der Waals surface area contributed by atoms with Crippen LogP contribution in [0.1, 0.15) is 0 Å². The Balaban J connectivity index is 5.80. The van der Waals surface area contributed by atoms with E-state index < -0.39 is 71.4 Å². The zero-order chi connectivity index (χ0) is 21.7. The minimum Gasteiger partial charge on any atom is -0.256 e. The molecule has 0 radical (unpaired) electrons. The smallest absolute Gasteiger partial charge is 0.256 e. The molecule has 0 fully saturated rings. The summed E-state index contributed by atoms with van der Waals surface area (Å²) in [5, 5.41) is 57.7. The van der Waals surface area contributed by atoms with Crippen molar-refractivity contribution < 1.29 is 38.5 Å². The molecule has 0 aliphatic rings. The van der Waals surface area contributed by atoms with Crippen molar-refractivity contribution in [3.63, 3.8) is 0 Å². The van der Waals surface area contributed by atoms with Gasteiger partial charge in [-0.2, -0.15) is 0 Å². The Bertz CT molecular complexity index is 601. The van der Waals surface area contributed by atoms with Crippen LogP contribution in [-0.2, 0) is 0 Å². The summed E-state index contributed by atoms with van der Waals surface area (Å²) < 4.78 is 27.3. The summed E-state index contributed by atoms with van der Waals surface area (Å²) >= 11 is 0. The summed E-state index contributed by atoms with van der Waals surface area (Å²) in [6, 6.07) is 0. The van der Waals surface area contributed by atoms with Crippen molar-refractivity contribution in [2.75, 3.05) is 19.8 Å². The molecule has 0 aliphatic heterocycles. The molecule has 27 heavy (non-hydrogen) atoms. The molecule has 0 aromatic rings. The molecule has 22 heteroatoms. The molecule has 20 nitrogen and oxygen atoms in total. The summed E-state index contributed by atoms with van der Waals surface area (Å²) in [4.78, 5) is 54.2. The topological polar surface area (TPSA) is 265 Å². The normalized spacial score (nSPS) is 11.3. The molecule has 0 aromatic heterocycles. The van der Waals surface area contributed by atoms with E-state index in [2.05, 4.69) is 0 Å². The first-order chi connectivity index (χ1) is 12.1. The maximum atomic E-state index is 13.7. The Kier molecular flexibility index (Phi) is 6.63. The van der Waals surface area contributed by atoms with Crippen molar-refractivity contribution in [1.82, 2.24) is 10.0 Å². The van der Waals surface area contributed by atoms with E-state index in [0.717, 1.165) is 0 Å². The van der Waals surface area contributed by atoms with Crippen molar-refractivity contribution in [3.8, 4) is 0 Å². The number of nitro groups is 6. The molecule has 0 saturated heterocycles. The van der Waals surface area contributed by atoms with E-state index in [0.29, 0.717) is 0 Å². The van der Waals surface area contributed by atoms with Crippen LogP contribution < -0.4 is 0 Å². The fraction of sp³-hybridized carbons (Fsp3) is 1.00. The molecule has 0 saturated carbocycles. The molecule has 0 unspecified atom stereocenters. The number of hydrazine groups is 2. The van der Waals surface area contributed by atoms with Gasteiger partial charge in [-0.1, -0.05) is 18.8 Å². The van der Waals surface area contributed by atoms with Gasteiger partial charge >= 0.3 is 11.8 Å². The second kappa shape index (κ2) is 7.83. The molecule has 0 bridgehead atoms. The summed E-state index contributed by atoms with van der Waals surface area (Å²) in [7, 11) is 0. The lowest BCUT2D eigenvalue weighted by molar-refractivity contribution is -0.849. The first-order valence-electron chi connectivity index (χ1n) is 5.84. The molecular formula is C5H6F2N8O12. The van der Waals surface area contributed by atoms with E-state index in [1.165, 1.54) is 0 Å². The van der Waals surface area contributed by atoms with Gasteiger partial charge in [0, 0.05) is 0 Å². The van der Waals surface area contributed by atoms with Gasteiger partial charge < -0.3 is 0 Å². The van der Waals surface area contributed by atoms with Gasteiger partial charge in [0.15, 0.2) is 10.1 Å². The predicted molar refractivity (Wildman–Crippen MR) is 67.9 cm³/mol. The average molecular weight is 408 g/mol. The Labute approximate surface area is 142 Å². The maximum absolute atomic E-state index is 13.7. The van der Waals surface area contributed by atoms with Gasteiger partial charge in [0.05, 0.1) is 0 Å². The summed E-state index contributed by atoms with van der Waals surface area (Å²) in [6.07, 6.45) is 0. The SMILES string of the molecule is O=[N+]([O-])N(CN(CC(F)([N+](=O)[O-])[N+](=O)[O-])[N+](=O)[O-])CC(F)([N+](=O)[O-])[N+](=O)[O-]. The minimum atomic E-state index is -4.74. The maximum Gasteiger partial charge on any atom is 0.637 e. The highest BCUT2D eigenvalue weighted by atomic mass is 19.2. The van der Waals surface area contributed by atoms with Crippen LogP contribution in [0.2, 0.25) is 0 Å². The summed E-state index contributed by atoms with van der Waals surface area (Å²) in [5.41, 5.74) is 0. The minimum absolute atomic E-state index is 0.866. The van der Waals surface area contributed by atoms with Gasteiger partial charge in [0.25, 0.3) is 13.1 Å². The van der Waals surface area contributed by atoms with E-state index in [9.17, 15) is 69.5 Å². The Morgan fingerprint density at radius 2 is 0.815 bits per heavy atom. The van der Waals surface area contributed by atoms with Crippen molar-refractivity contribution in [1.29, 1.82) is 0 Å². The summed E-state index contributed by atoms with van der Waals surface area (Å²) in [6.45, 7) is -6.75. The van der Waals surface area contributed by atoms with E-state index in [-0.39, 0.29) is 0 Å². The van der Waals surface area contributed by atoms with Crippen LogP contribution in [0.4, 0.5) is 8.78 Å². The first kappa shape index (κ1) is 22.9. The van der Waals surface area contributed by atoms with Gasteiger partial charge in [0.1, 0.15) is 19.7 Å². The number of hydrogen-bond acceptors (Lipinski definition) is 12. The molecule has 0 heterocycles. The van der Waals surface area contributed by atoms with E-state index >= 15 is 0 Å². The zero-order valence-electron chi connectivity index (χ0n) is 12.4. The second-order valence-electron chi connectivity index (χ2n) is 4.41. The molecule has 0 N–H and O–H groups in total. The number of halogens is 2. The lowest BCUT2D eigenvalue weighted by Gasteiger charge is -2.20. The lowest BCUT2D eigenvalue weighted by Crippen LogP contribution is -2.58. The quantitative estimate of drug-likeness (QED) is 0.150. The van der Waals surface area contributed by atoms with Crippen LogP contribution in [0.15, 0.2) is 0 Å². The zero-order valence-corrected chi connectivity index (χ0v) is 12.4. The van der Waals surface area contributed by atoms with E-state index in [1.54, 1.807) is 0 Å². The fourth-order valence-electron chi connectivity index (χ4n) is 1.34. The average Bonchev–Trinajstić information content (AvgIpc) is 2.51. The molecule has 152 valence electrons. The van der Waals surface area contributed by atoms with Crippen molar-refractivity contribution in [2.24, 2.45) is 0 Å². The van der Waals surface area contributed by atoms with Crippen LogP contribution in [-0.4, -0.2) is 71.4 Å². The predicted octanol–water partition coefficient (Wildman–Crippen LogP) is -1.72. The molecular weight excluding hydrogens is 402 g/mol. The van der Waals surface area contributed by atoms with Crippen molar-refractivity contribution in [3.05, 3.63) is 60.7 Å². The highest BCUT2D eigenvalue weighted by Crippen LogP contribution is 2.18. The third kappa shape index (κ3) is 4.92. The molecule has 0 spiro atoms.